The molecule has 0 spiro atoms. The Morgan fingerprint density at radius 2 is 1.76 bits per heavy atom. The number of amides is 3. The van der Waals surface area contributed by atoms with Crippen LogP contribution in [-0.2, 0) is 20.9 Å². The second kappa shape index (κ2) is 15.0. The van der Waals surface area contributed by atoms with Crippen LogP contribution in [0.5, 0.6) is 0 Å². The molecule has 3 amide bonds. The molecule has 3 aliphatic rings. The van der Waals surface area contributed by atoms with Crippen LogP contribution in [0.15, 0.2) is 30.3 Å². The number of hydrogen-bond acceptors (Lipinski definition) is 7. The van der Waals surface area contributed by atoms with Crippen LogP contribution >= 0.6 is 23.7 Å². The van der Waals surface area contributed by atoms with E-state index in [-0.39, 0.29) is 17.9 Å². The van der Waals surface area contributed by atoms with Gasteiger partial charge in [0.2, 0.25) is 5.91 Å². The normalized spacial score (nSPS) is 21.9. The van der Waals surface area contributed by atoms with Gasteiger partial charge in [0.15, 0.2) is 0 Å². The number of nitrogens with zero attached hydrogens (tertiary/aromatic N) is 3. The fraction of sp³-hybridized carbons (Fsp3) is 0.710. The Bertz CT molecular complexity index is 1010. The zero-order valence-corrected chi connectivity index (χ0v) is 26.8. The van der Waals surface area contributed by atoms with Gasteiger partial charge >= 0.3 is 6.09 Å². The van der Waals surface area contributed by atoms with Crippen LogP contribution in [0, 0.1) is 5.92 Å². The predicted octanol–water partition coefficient (Wildman–Crippen LogP) is 5.52. The van der Waals surface area contributed by atoms with Crippen molar-refractivity contribution in [1.82, 2.24) is 19.4 Å². The first-order chi connectivity index (χ1) is 19.6. The average molecular weight is 605 g/mol. The van der Waals surface area contributed by atoms with Crippen molar-refractivity contribution in [2.45, 2.75) is 102 Å². The first-order valence-corrected chi connectivity index (χ1v) is 17.5. The van der Waals surface area contributed by atoms with Crippen molar-refractivity contribution in [2.24, 2.45) is 5.92 Å². The van der Waals surface area contributed by atoms with Crippen molar-refractivity contribution in [3.8, 4) is 0 Å². The molecule has 228 valence electrons. The Kier molecular flexibility index (Phi) is 11.7. The van der Waals surface area contributed by atoms with E-state index >= 15 is 0 Å². The number of hydrogen-bond donors (Lipinski definition) is 1. The van der Waals surface area contributed by atoms with Gasteiger partial charge in [-0.15, -0.1) is 11.8 Å². The lowest BCUT2D eigenvalue weighted by atomic mass is 9.84. The third-order valence-corrected chi connectivity index (χ3v) is 10.2. The maximum Gasteiger partial charge on any atom is 0.411 e. The molecule has 2 heterocycles. The zero-order valence-electron chi connectivity index (χ0n) is 25.2. The number of thioether (sulfide) groups is 1. The van der Waals surface area contributed by atoms with Crippen molar-refractivity contribution in [1.29, 1.82) is 0 Å². The lowest BCUT2D eigenvalue weighted by Crippen LogP contribution is -2.56. The Hall–Kier alpha value is -1.91. The molecule has 0 bridgehead atoms. The predicted molar refractivity (Wildman–Crippen MR) is 167 cm³/mol. The van der Waals surface area contributed by atoms with Gasteiger partial charge in [-0.1, -0.05) is 74.4 Å². The highest BCUT2D eigenvalue weighted by molar-refractivity contribution is 7.99. The Balaban J connectivity index is 1.41. The minimum atomic E-state index is -0.639. The average Bonchev–Trinajstić information content (AvgIpc) is 3.45. The molecule has 2 aliphatic heterocycles. The summed E-state index contributed by atoms with van der Waals surface area (Å²) in [5, 5.41) is 3.13. The highest BCUT2D eigenvalue weighted by atomic mass is 32.2. The summed E-state index contributed by atoms with van der Waals surface area (Å²) >= 11 is 3.01. The molecule has 8 nitrogen and oxygen atoms in total. The summed E-state index contributed by atoms with van der Waals surface area (Å²) in [5.74, 6) is 1.07. The summed E-state index contributed by atoms with van der Waals surface area (Å²) in [5.41, 5.74) is 0.671. The fourth-order valence-corrected chi connectivity index (χ4v) is 8.09. The molecule has 3 fully saturated rings. The Morgan fingerprint density at radius 1 is 1.07 bits per heavy atom. The van der Waals surface area contributed by atoms with Crippen LogP contribution in [0.3, 0.4) is 0 Å². The summed E-state index contributed by atoms with van der Waals surface area (Å²) in [6, 6.07) is 9.43. The van der Waals surface area contributed by atoms with Gasteiger partial charge in [0, 0.05) is 37.7 Å². The third-order valence-electron chi connectivity index (χ3n) is 8.27. The molecule has 1 unspecified atom stereocenters. The maximum atomic E-state index is 14.1. The van der Waals surface area contributed by atoms with E-state index in [9.17, 15) is 14.4 Å². The van der Waals surface area contributed by atoms with Gasteiger partial charge in [-0.25, -0.2) is 4.79 Å². The van der Waals surface area contributed by atoms with Gasteiger partial charge in [-0.2, -0.15) is 0 Å². The summed E-state index contributed by atoms with van der Waals surface area (Å²) in [6.07, 6.45) is 9.75. The number of rotatable bonds is 9. The summed E-state index contributed by atoms with van der Waals surface area (Å²) in [7, 11) is 0. The van der Waals surface area contributed by atoms with Gasteiger partial charge in [-0.3, -0.25) is 23.7 Å². The lowest BCUT2D eigenvalue weighted by Gasteiger charge is -2.39. The third kappa shape index (κ3) is 9.29. The second-order valence-electron chi connectivity index (χ2n) is 12.6. The van der Waals surface area contributed by atoms with Crippen molar-refractivity contribution in [3.05, 3.63) is 35.9 Å². The molecular weight excluding hydrogens is 556 g/mol. The van der Waals surface area contributed by atoms with E-state index < -0.39 is 23.8 Å². The SMILES string of the molecule is CSN(C(=O)C(CC1CCCCC1)NC(=O)[C@@H]1CSCN1C(=O)OC(C)(C)C)C1CCN(Cc2ccccc2)CC1. The van der Waals surface area contributed by atoms with Gasteiger partial charge in [0.25, 0.3) is 5.91 Å². The molecule has 1 aromatic carbocycles. The molecule has 41 heavy (non-hydrogen) atoms. The number of likely N-dealkylation sites (tertiary alicyclic amines) is 1. The van der Waals surface area contributed by atoms with Crippen LogP contribution in [0.2, 0.25) is 0 Å². The summed E-state index contributed by atoms with van der Waals surface area (Å²) in [6.45, 7) is 8.28. The van der Waals surface area contributed by atoms with E-state index in [0.29, 0.717) is 24.0 Å². The van der Waals surface area contributed by atoms with E-state index in [1.807, 2.05) is 37.4 Å². The molecule has 1 saturated carbocycles. The first-order valence-electron chi connectivity index (χ1n) is 15.2. The zero-order chi connectivity index (χ0) is 29.4. The van der Waals surface area contributed by atoms with E-state index in [2.05, 4.69) is 34.5 Å². The number of ether oxygens (including phenoxy) is 1. The molecule has 0 aromatic heterocycles. The van der Waals surface area contributed by atoms with Crippen molar-refractivity contribution in [3.63, 3.8) is 0 Å². The number of nitrogens with one attached hydrogen (secondary N) is 1. The first kappa shape index (κ1) is 32.0. The molecule has 2 saturated heterocycles. The topological polar surface area (TPSA) is 82.2 Å². The van der Waals surface area contributed by atoms with Crippen LogP contribution in [0.1, 0.15) is 77.7 Å². The number of carbonyl (C=O) groups is 3. The highest BCUT2D eigenvalue weighted by Gasteiger charge is 2.40. The highest BCUT2D eigenvalue weighted by Crippen LogP contribution is 2.31. The molecule has 4 rings (SSSR count). The summed E-state index contributed by atoms with van der Waals surface area (Å²) < 4.78 is 7.50. The minimum Gasteiger partial charge on any atom is -0.444 e. The Morgan fingerprint density at radius 3 is 2.39 bits per heavy atom. The molecule has 1 aromatic rings. The van der Waals surface area contributed by atoms with Crippen molar-refractivity contribution >= 4 is 41.6 Å². The van der Waals surface area contributed by atoms with Gasteiger partial charge < -0.3 is 10.1 Å². The molecule has 2 atom stereocenters. The standard InChI is InChI=1S/C31H48N4O4S2/c1-31(2,3)39-30(38)34-22-41-21-27(34)28(36)32-26(19-23-11-7-5-8-12-23)29(37)35(40-4)25-15-17-33(18-16-25)20-24-13-9-6-10-14-24/h6,9-10,13-14,23,25-27H,5,7-8,11-12,15-22H2,1-4H3,(H,32,36)/t26?,27-/m0/s1. The minimum absolute atomic E-state index is 0.00704. The van der Waals surface area contributed by atoms with Crippen LogP contribution in [-0.4, -0.2) is 86.7 Å². The number of carbonyl (C=O) groups excluding carboxylic acids is 3. The number of piperidine rings is 1. The van der Waals surface area contributed by atoms with E-state index in [4.69, 9.17) is 4.74 Å². The smallest absolute Gasteiger partial charge is 0.411 e. The molecule has 1 aliphatic carbocycles. The fourth-order valence-electron chi connectivity index (χ4n) is 6.13. The Labute approximate surface area is 254 Å². The van der Waals surface area contributed by atoms with Gasteiger partial charge in [-0.05, 0) is 51.5 Å². The molecule has 1 N–H and O–H groups in total. The van der Waals surface area contributed by atoms with Crippen molar-refractivity contribution in [2.75, 3.05) is 31.0 Å². The molecular formula is C31H48N4O4S2. The van der Waals surface area contributed by atoms with Gasteiger partial charge in [0.1, 0.15) is 17.7 Å². The van der Waals surface area contributed by atoms with E-state index in [0.717, 1.165) is 45.3 Å². The van der Waals surface area contributed by atoms with Crippen LogP contribution < -0.4 is 5.32 Å². The lowest BCUT2D eigenvalue weighted by molar-refractivity contribution is -0.135. The quantitative estimate of drug-likeness (QED) is 0.372. The molecule has 10 heteroatoms. The maximum absolute atomic E-state index is 14.1. The van der Waals surface area contributed by atoms with E-state index in [1.165, 1.54) is 53.4 Å². The summed E-state index contributed by atoms with van der Waals surface area (Å²) in [4.78, 5) is 44.6. The van der Waals surface area contributed by atoms with Crippen molar-refractivity contribution < 1.29 is 19.1 Å². The van der Waals surface area contributed by atoms with Crippen LogP contribution in [0.25, 0.3) is 0 Å². The van der Waals surface area contributed by atoms with E-state index in [1.54, 1.807) is 0 Å². The van der Waals surface area contributed by atoms with Gasteiger partial charge in [0.05, 0.1) is 5.88 Å². The largest absolute Gasteiger partial charge is 0.444 e. The number of benzene rings is 1. The second-order valence-corrected chi connectivity index (χ2v) is 14.4. The monoisotopic (exact) mass is 604 g/mol. The molecule has 0 radical (unpaired) electrons. The van der Waals surface area contributed by atoms with Crippen LogP contribution in [0.4, 0.5) is 4.79 Å².